The minimum absolute atomic E-state index is 0.0285. The highest BCUT2D eigenvalue weighted by Gasteiger charge is 2.40. The van der Waals surface area contributed by atoms with Gasteiger partial charge >= 0.3 is 12.1 Å². The molecule has 1 aliphatic rings. The normalized spacial score (nSPS) is 24.0. The zero-order valence-corrected chi connectivity index (χ0v) is 11.5. The van der Waals surface area contributed by atoms with Gasteiger partial charge in [0, 0.05) is 7.05 Å². The Morgan fingerprint density at radius 1 is 1.32 bits per heavy atom. The average molecular weight is 284 g/mol. The molecule has 1 rings (SSSR count). The van der Waals surface area contributed by atoms with Crippen molar-refractivity contribution in [2.45, 2.75) is 46.1 Å². The number of aliphatic carboxylic acids is 1. The van der Waals surface area contributed by atoms with E-state index in [0.717, 1.165) is 0 Å². The van der Waals surface area contributed by atoms with Crippen LogP contribution in [-0.4, -0.2) is 47.3 Å². The van der Waals surface area contributed by atoms with Crippen LogP contribution in [0.4, 0.5) is 13.2 Å². The first-order valence-corrected chi connectivity index (χ1v) is 5.61. The van der Waals surface area contributed by atoms with Crippen LogP contribution in [0.5, 0.6) is 0 Å². The van der Waals surface area contributed by atoms with E-state index >= 15 is 0 Å². The average Bonchev–Trinajstić information content (AvgIpc) is 2.44. The van der Waals surface area contributed by atoms with Gasteiger partial charge in [-0.05, 0) is 12.3 Å². The van der Waals surface area contributed by atoms with Crippen LogP contribution in [0.25, 0.3) is 0 Å². The molecule has 112 valence electrons. The molecule has 1 heterocycles. The molecule has 2 N–H and O–H groups in total. The van der Waals surface area contributed by atoms with Crippen molar-refractivity contribution in [2.24, 2.45) is 5.41 Å². The molecule has 1 amide bonds. The number of carboxylic acids is 1. The molecule has 0 spiro atoms. The standard InChI is InChI=1S/C9H18N2O.C2HF3O2/c1-6-7(12)11(5)8(10-6)9(2,3)4;3-2(4,5)1(6)7/h6,8,10H,1-5H3;(H,6,7)/t6-,8+;/m0./s1. The lowest BCUT2D eigenvalue weighted by Gasteiger charge is -2.32. The summed E-state index contributed by atoms with van der Waals surface area (Å²) in [6.07, 6.45) is -4.92. The molecule has 8 heteroatoms. The molecule has 5 nitrogen and oxygen atoms in total. The number of hydrogen-bond acceptors (Lipinski definition) is 3. The van der Waals surface area contributed by atoms with E-state index in [4.69, 9.17) is 9.90 Å². The smallest absolute Gasteiger partial charge is 0.475 e. The number of carboxylic acid groups (broad SMARTS) is 1. The highest BCUT2D eigenvalue weighted by Crippen LogP contribution is 2.25. The van der Waals surface area contributed by atoms with Gasteiger partial charge in [0.15, 0.2) is 0 Å². The first-order chi connectivity index (χ1) is 8.28. The summed E-state index contributed by atoms with van der Waals surface area (Å²) in [4.78, 5) is 22.1. The number of carbonyl (C=O) groups excluding carboxylic acids is 1. The van der Waals surface area contributed by atoms with Gasteiger partial charge in [0.05, 0.1) is 12.2 Å². The van der Waals surface area contributed by atoms with Crippen molar-refractivity contribution in [1.29, 1.82) is 0 Å². The van der Waals surface area contributed by atoms with Crippen molar-refractivity contribution in [3.8, 4) is 0 Å². The van der Waals surface area contributed by atoms with Gasteiger partial charge in [-0.2, -0.15) is 13.2 Å². The van der Waals surface area contributed by atoms with Crippen molar-refractivity contribution in [1.82, 2.24) is 10.2 Å². The second-order valence-electron chi connectivity index (χ2n) is 5.41. The van der Waals surface area contributed by atoms with Gasteiger partial charge in [-0.15, -0.1) is 0 Å². The number of carbonyl (C=O) groups is 2. The molecular weight excluding hydrogens is 265 g/mol. The minimum Gasteiger partial charge on any atom is -0.475 e. The number of alkyl halides is 3. The summed E-state index contributed by atoms with van der Waals surface area (Å²) in [5, 5.41) is 10.4. The first kappa shape index (κ1) is 17.7. The van der Waals surface area contributed by atoms with Gasteiger partial charge < -0.3 is 10.0 Å². The van der Waals surface area contributed by atoms with Crippen molar-refractivity contribution >= 4 is 11.9 Å². The number of halogens is 3. The molecular formula is C11H19F3N2O3. The molecule has 0 aromatic carbocycles. The van der Waals surface area contributed by atoms with Crippen LogP contribution in [0, 0.1) is 5.41 Å². The van der Waals surface area contributed by atoms with E-state index in [-0.39, 0.29) is 23.5 Å². The Labute approximate surface area is 109 Å². The SMILES string of the molecule is C[C@@H]1N[C@@H](C(C)(C)C)N(C)C1=O.O=C(O)C(F)(F)F. The van der Waals surface area contributed by atoms with Gasteiger partial charge in [-0.1, -0.05) is 20.8 Å². The van der Waals surface area contributed by atoms with Crippen LogP contribution in [-0.2, 0) is 9.59 Å². The topological polar surface area (TPSA) is 69.6 Å². The fourth-order valence-corrected chi connectivity index (χ4v) is 1.68. The summed E-state index contributed by atoms with van der Waals surface area (Å²) in [5.74, 6) is -2.57. The summed E-state index contributed by atoms with van der Waals surface area (Å²) in [7, 11) is 1.86. The second-order valence-corrected chi connectivity index (χ2v) is 5.41. The predicted octanol–water partition coefficient (Wildman–Crippen LogP) is 1.44. The molecule has 0 saturated carbocycles. The molecule has 0 unspecified atom stereocenters. The first-order valence-electron chi connectivity index (χ1n) is 5.61. The lowest BCUT2D eigenvalue weighted by atomic mass is 9.92. The van der Waals surface area contributed by atoms with Crippen LogP contribution in [0.15, 0.2) is 0 Å². The minimum atomic E-state index is -5.08. The Bertz CT molecular complexity index is 350. The number of nitrogens with one attached hydrogen (secondary N) is 1. The van der Waals surface area contributed by atoms with Crippen LogP contribution in [0.2, 0.25) is 0 Å². The van der Waals surface area contributed by atoms with E-state index in [9.17, 15) is 18.0 Å². The third-order valence-corrected chi connectivity index (χ3v) is 2.58. The third-order valence-electron chi connectivity index (χ3n) is 2.58. The zero-order chi connectivity index (χ0) is 15.6. The molecule has 1 saturated heterocycles. The van der Waals surface area contributed by atoms with E-state index in [1.165, 1.54) is 0 Å². The van der Waals surface area contributed by atoms with Gasteiger partial charge in [-0.25, -0.2) is 4.79 Å². The number of amides is 1. The fourth-order valence-electron chi connectivity index (χ4n) is 1.68. The maximum atomic E-state index is 11.4. The fraction of sp³-hybridized carbons (Fsp3) is 0.818. The highest BCUT2D eigenvalue weighted by molar-refractivity contribution is 5.83. The van der Waals surface area contributed by atoms with Crippen molar-refractivity contribution in [2.75, 3.05) is 7.05 Å². The maximum Gasteiger partial charge on any atom is 0.490 e. The molecule has 1 fully saturated rings. The van der Waals surface area contributed by atoms with Gasteiger partial charge in [-0.3, -0.25) is 10.1 Å². The molecule has 2 atom stereocenters. The molecule has 0 aromatic heterocycles. The van der Waals surface area contributed by atoms with Crippen LogP contribution in [0.3, 0.4) is 0 Å². The Morgan fingerprint density at radius 3 is 1.79 bits per heavy atom. The number of nitrogens with zero attached hydrogens (tertiary/aromatic N) is 1. The van der Waals surface area contributed by atoms with Gasteiger partial charge in [0.25, 0.3) is 0 Å². The predicted molar refractivity (Wildman–Crippen MR) is 62.3 cm³/mol. The van der Waals surface area contributed by atoms with Crippen molar-refractivity contribution in [3.05, 3.63) is 0 Å². The summed E-state index contributed by atoms with van der Waals surface area (Å²) in [6, 6.07) is -0.0285. The maximum absolute atomic E-state index is 11.4. The van der Waals surface area contributed by atoms with Gasteiger partial charge in [0.2, 0.25) is 5.91 Å². The highest BCUT2D eigenvalue weighted by atomic mass is 19.4. The van der Waals surface area contributed by atoms with Crippen LogP contribution < -0.4 is 5.32 Å². The van der Waals surface area contributed by atoms with Crippen molar-refractivity contribution < 1.29 is 27.9 Å². The number of rotatable bonds is 0. The number of hydrogen-bond donors (Lipinski definition) is 2. The van der Waals surface area contributed by atoms with Crippen LogP contribution >= 0.6 is 0 Å². The zero-order valence-electron chi connectivity index (χ0n) is 11.5. The van der Waals surface area contributed by atoms with Crippen LogP contribution in [0.1, 0.15) is 27.7 Å². The van der Waals surface area contributed by atoms with E-state index in [0.29, 0.717) is 0 Å². The van der Waals surface area contributed by atoms with E-state index in [1.807, 2.05) is 14.0 Å². The number of likely N-dealkylation sites (N-methyl/N-ethyl adjacent to an activating group) is 1. The lowest BCUT2D eigenvalue weighted by Crippen LogP contribution is -2.45. The van der Waals surface area contributed by atoms with Crippen molar-refractivity contribution in [3.63, 3.8) is 0 Å². The third kappa shape index (κ3) is 5.06. The van der Waals surface area contributed by atoms with Gasteiger partial charge in [0.1, 0.15) is 0 Å². The molecule has 0 radical (unpaired) electrons. The monoisotopic (exact) mass is 284 g/mol. The largest absolute Gasteiger partial charge is 0.490 e. The lowest BCUT2D eigenvalue weighted by molar-refractivity contribution is -0.192. The second kappa shape index (κ2) is 5.77. The molecule has 0 aliphatic carbocycles. The van der Waals surface area contributed by atoms with E-state index in [2.05, 4.69) is 26.1 Å². The molecule has 19 heavy (non-hydrogen) atoms. The quantitative estimate of drug-likeness (QED) is 0.706. The summed E-state index contributed by atoms with van der Waals surface area (Å²) >= 11 is 0. The molecule has 1 aliphatic heterocycles. The summed E-state index contributed by atoms with van der Waals surface area (Å²) < 4.78 is 31.7. The Morgan fingerprint density at radius 2 is 1.68 bits per heavy atom. The van der Waals surface area contributed by atoms with E-state index in [1.54, 1.807) is 4.90 Å². The Balaban J connectivity index is 0.000000399. The summed E-state index contributed by atoms with van der Waals surface area (Å²) in [6.45, 7) is 8.30. The Kier molecular flexibility index (Phi) is 5.37. The molecule has 0 bridgehead atoms. The van der Waals surface area contributed by atoms with E-state index < -0.39 is 12.1 Å². The molecule has 0 aromatic rings. The Hall–Kier alpha value is -1.31. The summed E-state index contributed by atoms with van der Waals surface area (Å²) in [5.41, 5.74) is 0.106.